The van der Waals surface area contributed by atoms with E-state index in [0.29, 0.717) is 26.2 Å². The fourth-order valence-electron chi connectivity index (χ4n) is 4.12. The quantitative estimate of drug-likeness (QED) is 0.300. The third-order valence-electron chi connectivity index (χ3n) is 5.97. The zero-order valence-corrected chi connectivity index (χ0v) is 20.0. The predicted octanol–water partition coefficient (Wildman–Crippen LogP) is 3.55. The molecule has 2 aromatic heterocycles. The van der Waals surface area contributed by atoms with E-state index >= 15 is 0 Å². The SMILES string of the molecule is C[C@H](Nc1ccc2[nH]ncc2c1)OC(=O)N1CCN(C(=O)O[C@H](C)Nc2ccc3[nH]ncc3c2)CC1. The zero-order chi connectivity index (χ0) is 25.1. The maximum atomic E-state index is 12.6. The number of anilines is 2. The second kappa shape index (κ2) is 10.0. The number of hydrogen-bond acceptors (Lipinski definition) is 8. The van der Waals surface area contributed by atoms with Crippen LogP contribution in [-0.4, -0.2) is 81.0 Å². The van der Waals surface area contributed by atoms with Crippen LogP contribution in [0.25, 0.3) is 21.8 Å². The van der Waals surface area contributed by atoms with Gasteiger partial charge in [0.1, 0.15) is 0 Å². The molecule has 12 nitrogen and oxygen atoms in total. The minimum Gasteiger partial charge on any atom is -0.426 e. The number of amides is 2. The summed E-state index contributed by atoms with van der Waals surface area (Å²) in [7, 11) is 0. The van der Waals surface area contributed by atoms with Gasteiger partial charge in [0.25, 0.3) is 0 Å². The first-order valence-electron chi connectivity index (χ1n) is 11.7. The summed E-state index contributed by atoms with van der Waals surface area (Å²) in [6, 6.07) is 11.5. The average Bonchev–Trinajstić information content (AvgIpc) is 3.52. The number of aromatic nitrogens is 4. The number of benzene rings is 2. The Labute approximate surface area is 206 Å². The van der Waals surface area contributed by atoms with Crippen molar-refractivity contribution in [3.63, 3.8) is 0 Å². The van der Waals surface area contributed by atoms with Crippen molar-refractivity contribution < 1.29 is 19.1 Å². The fraction of sp³-hybridized carbons (Fsp3) is 0.333. The third-order valence-corrected chi connectivity index (χ3v) is 5.97. The Kier molecular flexibility index (Phi) is 6.48. The summed E-state index contributed by atoms with van der Waals surface area (Å²) < 4.78 is 11.1. The Morgan fingerprint density at radius 1 is 0.778 bits per heavy atom. The normalized spacial score (nSPS) is 15.5. The van der Waals surface area contributed by atoms with Gasteiger partial charge in [-0.25, -0.2) is 9.59 Å². The number of nitrogens with one attached hydrogen (secondary N) is 4. The molecule has 36 heavy (non-hydrogen) atoms. The van der Waals surface area contributed by atoms with E-state index in [-0.39, 0.29) is 0 Å². The van der Waals surface area contributed by atoms with Gasteiger partial charge in [-0.05, 0) is 50.2 Å². The van der Waals surface area contributed by atoms with E-state index in [1.807, 2.05) is 36.4 Å². The molecule has 0 spiro atoms. The van der Waals surface area contributed by atoms with Gasteiger partial charge in [0.05, 0.1) is 23.4 Å². The van der Waals surface area contributed by atoms with Crippen LogP contribution in [0.1, 0.15) is 13.8 Å². The van der Waals surface area contributed by atoms with E-state index < -0.39 is 24.6 Å². The minimum atomic E-state index is -0.530. The molecule has 1 saturated heterocycles. The van der Waals surface area contributed by atoms with Gasteiger partial charge < -0.3 is 29.9 Å². The molecule has 0 aliphatic carbocycles. The zero-order valence-electron chi connectivity index (χ0n) is 20.0. The maximum Gasteiger partial charge on any atom is 0.411 e. The first kappa shape index (κ1) is 23.3. The van der Waals surface area contributed by atoms with E-state index in [4.69, 9.17) is 9.47 Å². The molecule has 0 saturated carbocycles. The van der Waals surface area contributed by atoms with Crippen LogP contribution in [0.3, 0.4) is 0 Å². The molecule has 0 unspecified atom stereocenters. The smallest absolute Gasteiger partial charge is 0.411 e. The predicted molar refractivity (Wildman–Crippen MR) is 134 cm³/mol. The summed E-state index contributed by atoms with van der Waals surface area (Å²) in [4.78, 5) is 28.4. The van der Waals surface area contributed by atoms with Crippen LogP contribution >= 0.6 is 0 Å². The molecule has 0 radical (unpaired) electrons. The monoisotopic (exact) mass is 492 g/mol. The lowest BCUT2D eigenvalue weighted by molar-refractivity contribution is 0.0431. The lowest BCUT2D eigenvalue weighted by atomic mass is 10.2. The van der Waals surface area contributed by atoms with E-state index in [1.165, 1.54) is 0 Å². The molecular formula is C24H28N8O4. The van der Waals surface area contributed by atoms with Crippen molar-refractivity contribution in [3.05, 3.63) is 48.8 Å². The summed E-state index contributed by atoms with van der Waals surface area (Å²) in [5, 5.41) is 22.1. The highest BCUT2D eigenvalue weighted by Gasteiger charge is 2.27. The first-order chi connectivity index (χ1) is 17.4. The number of fused-ring (bicyclic) bond motifs is 2. The van der Waals surface area contributed by atoms with Crippen molar-refractivity contribution in [2.75, 3.05) is 36.8 Å². The summed E-state index contributed by atoms with van der Waals surface area (Å²) in [5.74, 6) is 0. The fourth-order valence-corrected chi connectivity index (χ4v) is 4.12. The van der Waals surface area contributed by atoms with E-state index in [1.54, 1.807) is 36.0 Å². The Hall–Kier alpha value is -4.48. The van der Waals surface area contributed by atoms with Gasteiger partial charge in [0.2, 0.25) is 0 Å². The first-order valence-corrected chi connectivity index (χ1v) is 11.7. The molecule has 1 aliphatic heterocycles. The van der Waals surface area contributed by atoms with Crippen molar-refractivity contribution in [3.8, 4) is 0 Å². The van der Waals surface area contributed by atoms with Crippen LogP contribution in [0.5, 0.6) is 0 Å². The maximum absolute atomic E-state index is 12.6. The van der Waals surface area contributed by atoms with Gasteiger partial charge in [0.15, 0.2) is 12.5 Å². The number of rotatable bonds is 6. The number of piperazine rings is 1. The molecule has 1 aliphatic rings. The van der Waals surface area contributed by atoms with Crippen LogP contribution in [0.2, 0.25) is 0 Å². The molecular weight excluding hydrogens is 464 g/mol. The summed E-state index contributed by atoms with van der Waals surface area (Å²) >= 11 is 0. The lowest BCUT2D eigenvalue weighted by Gasteiger charge is -2.34. The second-order valence-corrected chi connectivity index (χ2v) is 8.66. The number of carbonyl (C=O) groups is 2. The highest BCUT2D eigenvalue weighted by atomic mass is 16.6. The molecule has 2 aromatic carbocycles. The number of carbonyl (C=O) groups excluding carboxylic acids is 2. The van der Waals surface area contributed by atoms with Crippen molar-refractivity contribution in [2.24, 2.45) is 0 Å². The van der Waals surface area contributed by atoms with Gasteiger partial charge >= 0.3 is 12.2 Å². The molecule has 4 aromatic rings. The average molecular weight is 493 g/mol. The second-order valence-electron chi connectivity index (χ2n) is 8.66. The van der Waals surface area contributed by atoms with Gasteiger partial charge in [-0.2, -0.15) is 10.2 Å². The highest BCUT2D eigenvalue weighted by Crippen LogP contribution is 2.19. The van der Waals surface area contributed by atoms with Crippen molar-refractivity contribution in [2.45, 2.75) is 26.3 Å². The number of ether oxygens (including phenoxy) is 2. The Balaban J connectivity index is 1.05. The van der Waals surface area contributed by atoms with Crippen molar-refractivity contribution in [1.82, 2.24) is 30.2 Å². The van der Waals surface area contributed by atoms with Crippen LogP contribution in [0, 0.1) is 0 Å². The molecule has 3 heterocycles. The van der Waals surface area contributed by atoms with Gasteiger partial charge in [-0.1, -0.05) is 0 Å². The van der Waals surface area contributed by atoms with E-state index in [2.05, 4.69) is 31.0 Å². The molecule has 12 heteroatoms. The lowest BCUT2D eigenvalue weighted by Crippen LogP contribution is -2.52. The Bertz CT molecular complexity index is 1260. The molecule has 1 fully saturated rings. The Morgan fingerprint density at radius 2 is 1.19 bits per heavy atom. The van der Waals surface area contributed by atoms with Crippen LogP contribution in [0.4, 0.5) is 21.0 Å². The minimum absolute atomic E-state index is 0.362. The van der Waals surface area contributed by atoms with Gasteiger partial charge in [-0.15, -0.1) is 0 Å². The van der Waals surface area contributed by atoms with Crippen LogP contribution < -0.4 is 10.6 Å². The molecule has 4 N–H and O–H groups in total. The summed E-state index contributed by atoms with van der Waals surface area (Å²) in [6.07, 6.45) is 1.54. The number of aromatic amines is 2. The molecule has 5 rings (SSSR count). The number of hydrogen-bond donors (Lipinski definition) is 4. The van der Waals surface area contributed by atoms with Gasteiger partial charge in [-0.3, -0.25) is 10.2 Å². The third kappa shape index (κ3) is 5.27. The molecule has 2 amide bonds. The van der Waals surface area contributed by atoms with Crippen LogP contribution in [-0.2, 0) is 9.47 Å². The van der Waals surface area contributed by atoms with E-state index in [9.17, 15) is 9.59 Å². The molecule has 0 bridgehead atoms. The number of nitrogens with zero attached hydrogens (tertiary/aromatic N) is 4. The highest BCUT2D eigenvalue weighted by molar-refractivity contribution is 5.82. The summed E-state index contributed by atoms with van der Waals surface area (Å²) in [5.41, 5.74) is 3.51. The number of H-pyrrole nitrogens is 2. The van der Waals surface area contributed by atoms with Crippen molar-refractivity contribution in [1.29, 1.82) is 0 Å². The van der Waals surface area contributed by atoms with Gasteiger partial charge in [0, 0.05) is 48.3 Å². The largest absolute Gasteiger partial charge is 0.426 e. The summed E-state index contributed by atoms with van der Waals surface area (Å²) in [6.45, 7) is 4.98. The molecule has 188 valence electrons. The Morgan fingerprint density at radius 3 is 1.61 bits per heavy atom. The topological polar surface area (TPSA) is 140 Å². The van der Waals surface area contributed by atoms with Crippen molar-refractivity contribution >= 4 is 45.4 Å². The molecule has 2 atom stereocenters. The van der Waals surface area contributed by atoms with Crippen LogP contribution in [0.15, 0.2) is 48.8 Å². The standard InChI is InChI=1S/C24H28N8O4/c1-15(27-19-3-5-21-17(11-19)13-25-29-21)35-23(33)31-7-9-32(10-8-31)24(34)36-16(2)28-20-4-6-22-18(12-20)14-26-30-22/h3-6,11-16,27-28H,7-10H2,1-2H3,(H,25,29)(H,26,30)/t15-,16-/m1/s1. The van der Waals surface area contributed by atoms with E-state index in [0.717, 1.165) is 33.2 Å².